The summed E-state index contributed by atoms with van der Waals surface area (Å²) < 4.78 is 17.0. The molecule has 1 atom stereocenters. The first-order valence-electron chi connectivity index (χ1n) is 37.1. The van der Waals surface area contributed by atoms with Crippen LogP contribution in [0.4, 0.5) is 0 Å². The fourth-order valence-electron chi connectivity index (χ4n) is 11.2. The van der Waals surface area contributed by atoms with Gasteiger partial charge >= 0.3 is 17.9 Å². The lowest BCUT2D eigenvalue weighted by Crippen LogP contribution is -2.30. The normalized spacial score (nSPS) is 12.3. The van der Waals surface area contributed by atoms with Crippen molar-refractivity contribution >= 4 is 17.9 Å². The summed E-state index contributed by atoms with van der Waals surface area (Å²) in [5, 5.41) is 0. The number of allylic oxidation sites excluding steroid dienone is 8. The average molecular weight is 1160 g/mol. The molecule has 0 amide bonds. The number of hydrogen-bond acceptors (Lipinski definition) is 6. The summed E-state index contributed by atoms with van der Waals surface area (Å²) >= 11 is 0. The van der Waals surface area contributed by atoms with Gasteiger partial charge in [-0.25, -0.2) is 0 Å². The summed E-state index contributed by atoms with van der Waals surface area (Å²) in [5.41, 5.74) is 0. The van der Waals surface area contributed by atoms with E-state index in [0.717, 1.165) is 77.0 Å². The Balaban J connectivity index is 4.21. The van der Waals surface area contributed by atoms with Gasteiger partial charge in [-0.1, -0.05) is 352 Å². The van der Waals surface area contributed by atoms with Crippen LogP contribution < -0.4 is 0 Å². The first-order chi connectivity index (χ1) is 41.0. The topological polar surface area (TPSA) is 78.9 Å². The van der Waals surface area contributed by atoms with E-state index in [1.165, 1.54) is 289 Å². The van der Waals surface area contributed by atoms with E-state index in [-0.39, 0.29) is 31.1 Å². The maximum atomic E-state index is 13.0. The number of esters is 3. The number of unbranched alkanes of at least 4 members (excludes halogenated alkanes) is 50. The Kier molecular flexibility index (Phi) is 69.6. The highest BCUT2D eigenvalue weighted by Gasteiger charge is 2.19. The Morgan fingerprint density at radius 1 is 0.241 bits per heavy atom. The minimum absolute atomic E-state index is 0.0710. The fourth-order valence-corrected chi connectivity index (χ4v) is 11.2. The number of ether oxygens (including phenoxy) is 3. The Bertz CT molecular complexity index is 1430. The first kappa shape index (κ1) is 80.4. The van der Waals surface area contributed by atoms with Crippen LogP contribution >= 0.6 is 0 Å². The second-order valence-electron chi connectivity index (χ2n) is 25.2. The zero-order valence-electron chi connectivity index (χ0n) is 56.0. The summed E-state index contributed by atoms with van der Waals surface area (Å²) in [7, 11) is 0. The molecule has 0 aromatic carbocycles. The van der Waals surface area contributed by atoms with E-state index in [0.29, 0.717) is 19.3 Å². The lowest BCUT2D eigenvalue weighted by Gasteiger charge is -2.18. The third-order valence-electron chi connectivity index (χ3n) is 16.8. The predicted molar refractivity (Wildman–Crippen MR) is 362 cm³/mol. The van der Waals surface area contributed by atoms with Crippen molar-refractivity contribution in [3.8, 4) is 0 Å². The quantitative estimate of drug-likeness (QED) is 0.0261. The van der Waals surface area contributed by atoms with Gasteiger partial charge < -0.3 is 14.2 Å². The standard InChI is InChI=1S/C77H142O6/c1-4-7-10-13-16-19-22-25-27-29-31-33-35-36-37-38-39-40-42-43-45-47-49-52-55-58-61-64-67-70-76(79)82-73-74(72-81-75(78)69-66-63-60-57-54-51-24-21-18-15-12-9-6-3)83-77(80)71-68-65-62-59-56-53-50-48-46-44-41-34-32-30-28-26-23-20-17-14-11-8-5-2/h23,26,29-32,41,44,74H,4-22,24-25,27-28,33-40,42-43,45-73H2,1-3H3/b26-23-,31-29-,32-30-,44-41-. The van der Waals surface area contributed by atoms with E-state index in [1.807, 2.05) is 0 Å². The summed E-state index contributed by atoms with van der Waals surface area (Å²) in [6.45, 7) is 6.69. The van der Waals surface area contributed by atoms with Crippen LogP contribution in [-0.4, -0.2) is 37.2 Å². The largest absolute Gasteiger partial charge is 0.462 e. The van der Waals surface area contributed by atoms with Crippen LogP contribution in [0.2, 0.25) is 0 Å². The smallest absolute Gasteiger partial charge is 0.306 e. The van der Waals surface area contributed by atoms with Gasteiger partial charge in [-0.3, -0.25) is 14.4 Å². The third kappa shape index (κ3) is 70.0. The molecule has 0 heterocycles. The molecule has 1 unspecified atom stereocenters. The van der Waals surface area contributed by atoms with Crippen molar-refractivity contribution in [3.63, 3.8) is 0 Å². The van der Waals surface area contributed by atoms with Gasteiger partial charge in [0.25, 0.3) is 0 Å². The van der Waals surface area contributed by atoms with Gasteiger partial charge in [-0.15, -0.1) is 0 Å². The first-order valence-corrected chi connectivity index (χ1v) is 37.1. The molecule has 0 radical (unpaired) electrons. The molecule has 0 saturated heterocycles. The molecular weight excluding hydrogens is 1020 g/mol. The van der Waals surface area contributed by atoms with Gasteiger partial charge in [-0.2, -0.15) is 0 Å². The Morgan fingerprint density at radius 3 is 0.687 bits per heavy atom. The summed E-state index contributed by atoms with van der Waals surface area (Å²) in [6, 6.07) is 0. The predicted octanol–water partition coefficient (Wildman–Crippen LogP) is 25.7. The maximum absolute atomic E-state index is 13.0. The van der Waals surface area contributed by atoms with Crippen molar-refractivity contribution in [1.82, 2.24) is 0 Å². The third-order valence-corrected chi connectivity index (χ3v) is 16.8. The maximum Gasteiger partial charge on any atom is 0.306 e. The molecule has 0 aliphatic rings. The molecular formula is C77H142O6. The zero-order chi connectivity index (χ0) is 59.9. The van der Waals surface area contributed by atoms with Crippen LogP contribution in [0.1, 0.15) is 406 Å². The van der Waals surface area contributed by atoms with Crippen LogP contribution in [0.15, 0.2) is 48.6 Å². The SMILES string of the molecule is CCCCCCC/C=C\C/C=C\C/C=C\CCCCCCCCCCC(=O)OC(COC(=O)CCCCCCCCCCCCCCC)COC(=O)CCCCCCCCCCCCCCCCCCC/C=C\CCCCCCCCCC. The van der Waals surface area contributed by atoms with Crippen LogP contribution in [0.3, 0.4) is 0 Å². The van der Waals surface area contributed by atoms with Crippen molar-refractivity contribution in [2.75, 3.05) is 13.2 Å². The van der Waals surface area contributed by atoms with Gasteiger partial charge in [0.05, 0.1) is 0 Å². The van der Waals surface area contributed by atoms with E-state index in [1.54, 1.807) is 0 Å². The van der Waals surface area contributed by atoms with Crippen LogP contribution in [0.5, 0.6) is 0 Å². The molecule has 0 aliphatic carbocycles. The summed E-state index contributed by atoms with van der Waals surface area (Å²) in [4.78, 5) is 38.5. The molecule has 6 nitrogen and oxygen atoms in total. The molecule has 0 bridgehead atoms. The van der Waals surface area contributed by atoms with E-state index < -0.39 is 6.10 Å². The molecule has 486 valence electrons. The average Bonchev–Trinajstić information content (AvgIpc) is 3.49. The number of rotatable bonds is 69. The number of carbonyl (C=O) groups is 3. The van der Waals surface area contributed by atoms with E-state index in [9.17, 15) is 14.4 Å². The molecule has 0 aromatic heterocycles. The minimum Gasteiger partial charge on any atom is -0.462 e. The second-order valence-corrected chi connectivity index (χ2v) is 25.2. The second kappa shape index (κ2) is 71.8. The Hall–Kier alpha value is -2.63. The molecule has 0 N–H and O–H groups in total. The highest BCUT2D eigenvalue weighted by atomic mass is 16.6. The van der Waals surface area contributed by atoms with E-state index >= 15 is 0 Å². The highest BCUT2D eigenvalue weighted by molar-refractivity contribution is 5.71. The number of hydrogen-bond donors (Lipinski definition) is 0. The molecule has 0 aromatic rings. The molecule has 0 spiro atoms. The van der Waals surface area contributed by atoms with Gasteiger partial charge in [0.1, 0.15) is 13.2 Å². The van der Waals surface area contributed by atoms with E-state index in [4.69, 9.17) is 14.2 Å². The van der Waals surface area contributed by atoms with Crippen molar-refractivity contribution < 1.29 is 28.6 Å². The van der Waals surface area contributed by atoms with Crippen LogP contribution in [-0.2, 0) is 28.6 Å². The molecule has 0 fully saturated rings. The summed E-state index contributed by atoms with van der Waals surface area (Å²) in [5.74, 6) is -0.850. The van der Waals surface area contributed by atoms with Crippen molar-refractivity contribution in [2.45, 2.75) is 412 Å². The Labute approximate surface area is 518 Å². The van der Waals surface area contributed by atoms with E-state index in [2.05, 4.69) is 69.4 Å². The minimum atomic E-state index is -0.776. The van der Waals surface area contributed by atoms with Crippen molar-refractivity contribution in [1.29, 1.82) is 0 Å². The lowest BCUT2D eigenvalue weighted by molar-refractivity contribution is -0.167. The zero-order valence-corrected chi connectivity index (χ0v) is 56.0. The van der Waals surface area contributed by atoms with Gasteiger partial charge in [0.2, 0.25) is 0 Å². The van der Waals surface area contributed by atoms with Crippen LogP contribution in [0, 0.1) is 0 Å². The molecule has 0 aliphatic heterocycles. The van der Waals surface area contributed by atoms with Gasteiger partial charge in [-0.05, 0) is 83.5 Å². The Morgan fingerprint density at radius 2 is 0.434 bits per heavy atom. The molecule has 0 rings (SSSR count). The van der Waals surface area contributed by atoms with Crippen molar-refractivity contribution in [2.24, 2.45) is 0 Å². The molecule has 83 heavy (non-hydrogen) atoms. The van der Waals surface area contributed by atoms with Crippen LogP contribution in [0.25, 0.3) is 0 Å². The molecule has 0 saturated carbocycles. The summed E-state index contributed by atoms with van der Waals surface area (Å²) in [6.07, 6.45) is 91.5. The number of carbonyl (C=O) groups excluding carboxylic acids is 3. The molecule has 6 heteroatoms. The van der Waals surface area contributed by atoms with Crippen molar-refractivity contribution in [3.05, 3.63) is 48.6 Å². The van der Waals surface area contributed by atoms with Gasteiger partial charge in [0.15, 0.2) is 6.10 Å². The fraction of sp³-hybridized carbons (Fsp3) is 0.857. The highest BCUT2D eigenvalue weighted by Crippen LogP contribution is 2.18. The van der Waals surface area contributed by atoms with Gasteiger partial charge in [0, 0.05) is 19.3 Å². The monoisotopic (exact) mass is 1160 g/mol. The lowest BCUT2D eigenvalue weighted by atomic mass is 10.0.